The highest BCUT2D eigenvalue weighted by molar-refractivity contribution is 5.94. The average Bonchev–Trinajstić information content (AvgIpc) is 2.66. The van der Waals surface area contributed by atoms with E-state index in [-0.39, 0.29) is 5.91 Å². The second-order valence-corrected chi connectivity index (χ2v) is 5.65. The lowest BCUT2D eigenvalue weighted by atomic mass is 10.1. The molecule has 0 bridgehead atoms. The largest absolute Gasteiger partial charge is 0.356 e. The molecule has 0 aliphatic carbocycles. The van der Waals surface area contributed by atoms with Crippen molar-refractivity contribution in [2.24, 2.45) is 4.99 Å². The van der Waals surface area contributed by atoms with Crippen molar-refractivity contribution in [3.05, 3.63) is 71.3 Å². The number of nitrogens with zero attached hydrogens (tertiary/aromatic N) is 1. The molecule has 5 heteroatoms. The Balaban J connectivity index is 1.82. The lowest BCUT2D eigenvalue weighted by Crippen LogP contribution is -2.37. The third-order valence-corrected chi connectivity index (χ3v) is 3.76. The van der Waals surface area contributed by atoms with E-state index >= 15 is 0 Å². The summed E-state index contributed by atoms with van der Waals surface area (Å²) in [4.78, 5) is 16.1. The first-order chi connectivity index (χ1) is 12.2. The van der Waals surface area contributed by atoms with Crippen LogP contribution in [0.15, 0.2) is 59.6 Å². The van der Waals surface area contributed by atoms with Crippen molar-refractivity contribution in [2.75, 3.05) is 20.1 Å². The molecule has 1 amide bonds. The number of amides is 1. The van der Waals surface area contributed by atoms with Gasteiger partial charge in [0, 0.05) is 32.2 Å². The summed E-state index contributed by atoms with van der Waals surface area (Å²) in [5.74, 6) is 0.703. The normalized spacial score (nSPS) is 11.0. The summed E-state index contributed by atoms with van der Waals surface area (Å²) in [5.41, 5.74) is 3.00. The summed E-state index contributed by atoms with van der Waals surface area (Å²) < 4.78 is 0. The van der Waals surface area contributed by atoms with Crippen molar-refractivity contribution in [3.63, 3.8) is 0 Å². The molecule has 2 rings (SSSR count). The maximum absolute atomic E-state index is 11.9. The fourth-order valence-corrected chi connectivity index (χ4v) is 2.46. The van der Waals surface area contributed by atoms with Crippen molar-refractivity contribution in [1.29, 1.82) is 0 Å². The van der Waals surface area contributed by atoms with Gasteiger partial charge in [-0.1, -0.05) is 42.5 Å². The third-order valence-electron chi connectivity index (χ3n) is 3.76. The lowest BCUT2D eigenvalue weighted by Gasteiger charge is -2.12. The van der Waals surface area contributed by atoms with Gasteiger partial charge in [0.2, 0.25) is 0 Å². The van der Waals surface area contributed by atoms with E-state index in [1.807, 2.05) is 49.4 Å². The van der Waals surface area contributed by atoms with Crippen LogP contribution in [0.2, 0.25) is 0 Å². The SMILES string of the molecule is CCNC(=O)c1cccc(CNC(=NC)NCCc2ccccc2)c1. The molecule has 2 aromatic carbocycles. The minimum atomic E-state index is -0.0466. The number of guanidine groups is 1. The van der Waals surface area contributed by atoms with Crippen molar-refractivity contribution in [1.82, 2.24) is 16.0 Å². The second kappa shape index (κ2) is 10.1. The molecular weight excluding hydrogens is 312 g/mol. The van der Waals surface area contributed by atoms with Gasteiger partial charge >= 0.3 is 0 Å². The summed E-state index contributed by atoms with van der Waals surface area (Å²) in [6.07, 6.45) is 0.939. The Kier molecular flexibility index (Phi) is 7.50. The number of aliphatic imine (C=N–C) groups is 1. The molecule has 25 heavy (non-hydrogen) atoms. The van der Waals surface area contributed by atoms with Gasteiger partial charge in [-0.15, -0.1) is 0 Å². The smallest absolute Gasteiger partial charge is 0.251 e. The number of hydrogen-bond donors (Lipinski definition) is 3. The van der Waals surface area contributed by atoms with Gasteiger partial charge in [-0.05, 0) is 36.6 Å². The zero-order chi connectivity index (χ0) is 17.9. The molecule has 0 saturated heterocycles. The topological polar surface area (TPSA) is 65.5 Å². The molecule has 2 aromatic rings. The van der Waals surface area contributed by atoms with Crippen molar-refractivity contribution in [3.8, 4) is 0 Å². The summed E-state index contributed by atoms with van der Waals surface area (Å²) >= 11 is 0. The predicted molar refractivity (Wildman–Crippen MR) is 103 cm³/mol. The Morgan fingerprint density at radius 3 is 2.44 bits per heavy atom. The summed E-state index contributed by atoms with van der Waals surface area (Å²) in [6.45, 7) is 3.95. The van der Waals surface area contributed by atoms with Gasteiger partial charge in [0.05, 0.1) is 0 Å². The van der Waals surface area contributed by atoms with E-state index in [1.54, 1.807) is 7.05 Å². The molecule has 0 spiro atoms. The summed E-state index contributed by atoms with van der Waals surface area (Å²) in [7, 11) is 1.75. The van der Waals surface area contributed by atoms with Crippen molar-refractivity contribution < 1.29 is 4.79 Å². The van der Waals surface area contributed by atoms with Gasteiger partial charge < -0.3 is 16.0 Å². The molecule has 0 atom stereocenters. The number of nitrogens with one attached hydrogen (secondary N) is 3. The van der Waals surface area contributed by atoms with Crippen LogP contribution in [0.25, 0.3) is 0 Å². The number of carbonyl (C=O) groups excluding carboxylic acids is 1. The standard InChI is InChI=1S/C20H26N4O/c1-3-22-19(25)18-11-7-10-17(14-18)15-24-20(21-2)23-13-12-16-8-5-4-6-9-16/h4-11,14H,3,12-13,15H2,1-2H3,(H,22,25)(H2,21,23,24). The van der Waals surface area contributed by atoms with E-state index in [0.717, 1.165) is 24.5 Å². The van der Waals surface area contributed by atoms with Gasteiger partial charge in [0.1, 0.15) is 0 Å². The lowest BCUT2D eigenvalue weighted by molar-refractivity contribution is 0.0955. The first-order valence-electron chi connectivity index (χ1n) is 8.58. The third kappa shape index (κ3) is 6.30. The Morgan fingerprint density at radius 1 is 0.960 bits per heavy atom. The fraction of sp³-hybridized carbons (Fsp3) is 0.300. The van der Waals surface area contributed by atoms with Gasteiger partial charge in [-0.3, -0.25) is 9.79 Å². The molecular formula is C20H26N4O. The second-order valence-electron chi connectivity index (χ2n) is 5.65. The van der Waals surface area contributed by atoms with Crippen LogP contribution >= 0.6 is 0 Å². The Labute approximate surface area is 149 Å². The first-order valence-corrected chi connectivity index (χ1v) is 8.58. The summed E-state index contributed by atoms with van der Waals surface area (Å²) in [6, 6.07) is 18.0. The molecule has 0 aromatic heterocycles. The van der Waals surface area contributed by atoms with Crippen LogP contribution in [0.4, 0.5) is 0 Å². The molecule has 3 N–H and O–H groups in total. The predicted octanol–water partition coefficient (Wildman–Crippen LogP) is 2.34. The maximum Gasteiger partial charge on any atom is 0.251 e. The molecule has 0 radical (unpaired) electrons. The van der Waals surface area contributed by atoms with E-state index in [0.29, 0.717) is 18.7 Å². The molecule has 5 nitrogen and oxygen atoms in total. The summed E-state index contributed by atoms with van der Waals surface area (Å²) in [5, 5.41) is 9.40. The Morgan fingerprint density at radius 2 is 1.72 bits per heavy atom. The first kappa shape index (κ1) is 18.5. The van der Waals surface area contributed by atoms with Gasteiger partial charge in [0.15, 0.2) is 5.96 Å². The average molecular weight is 338 g/mol. The minimum Gasteiger partial charge on any atom is -0.356 e. The van der Waals surface area contributed by atoms with Gasteiger partial charge in [-0.2, -0.15) is 0 Å². The fourth-order valence-electron chi connectivity index (χ4n) is 2.46. The van der Waals surface area contributed by atoms with Crippen LogP contribution < -0.4 is 16.0 Å². The molecule has 0 heterocycles. The molecule has 0 fully saturated rings. The van der Waals surface area contributed by atoms with Crippen LogP contribution in [0.5, 0.6) is 0 Å². The molecule has 0 aliphatic heterocycles. The van der Waals surface area contributed by atoms with E-state index in [9.17, 15) is 4.79 Å². The highest BCUT2D eigenvalue weighted by Crippen LogP contribution is 2.05. The molecule has 132 valence electrons. The zero-order valence-electron chi connectivity index (χ0n) is 14.9. The van der Waals surface area contributed by atoms with Crippen LogP contribution in [-0.4, -0.2) is 32.0 Å². The van der Waals surface area contributed by atoms with Crippen LogP contribution in [0.1, 0.15) is 28.4 Å². The number of benzene rings is 2. The molecule has 0 aliphatic rings. The van der Waals surface area contributed by atoms with Crippen LogP contribution in [-0.2, 0) is 13.0 Å². The maximum atomic E-state index is 11.9. The Hall–Kier alpha value is -2.82. The number of carbonyl (C=O) groups is 1. The monoisotopic (exact) mass is 338 g/mol. The van der Waals surface area contributed by atoms with Crippen LogP contribution in [0, 0.1) is 0 Å². The zero-order valence-corrected chi connectivity index (χ0v) is 14.9. The number of hydrogen-bond acceptors (Lipinski definition) is 2. The minimum absolute atomic E-state index is 0.0466. The van der Waals surface area contributed by atoms with Gasteiger partial charge in [-0.25, -0.2) is 0 Å². The van der Waals surface area contributed by atoms with Crippen molar-refractivity contribution >= 4 is 11.9 Å². The number of rotatable bonds is 7. The highest BCUT2D eigenvalue weighted by atomic mass is 16.1. The van der Waals surface area contributed by atoms with E-state index in [2.05, 4.69) is 33.1 Å². The highest BCUT2D eigenvalue weighted by Gasteiger charge is 2.05. The van der Waals surface area contributed by atoms with E-state index in [4.69, 9.17) is 0 Å². The van der Waals surface area contributed by atoms with Crippen LogP contribution in [0.3, 0.4) is 0 Å². The Bertz CT molecular complexity index is 698. The molecule has 0 saturated carbocycles. The van der Waals surface area contributed by atoms with E-state index < -0.39 is 0 Å². The van der Waals surface area contributed by atoms with Gasteiger partial charge in [0.25, 0.3) is 5.91 Å². The van der Waals surface area contributed by atoms with E-state index in [1.165, 1.54) is 5.56 Å². The molecule has 0 unspecified atom stereocenters. The van der Waals surface area contributed by atoms with Crippen molar-refractivity contribution in [2.45, 2.75) is 19.9 Å². The quantitative estimate of drug-likeness (QED) is 0.536.